The van der Waals surface area contributed by atoms with E-state index in [9.17, 15) is 0 Å². The number of rotatable bonds is 4. The highest BCUT2D eigenvalue weighted by atomic mass is 32.2. The monoisotopic (exact) mass is 261 g/mol. The van der Waals surface area contributed by atoms with Crippen molar-refractivity contribution in [2.45, 2.75) is 43.0 Å². The van der Waals surface area contributed by atoms with Gasteiger partial charge in [0.2, 0.25) is 0 Å². The molecule has 2 atom stereocenters. The van der Waals surface area contributed by atoms with Gasteiger partial charge in [-0.25, -0.2) is 0 Å². The number of nitrogens with zero attached hydrogens (tertiary/aromatic N) is 1. The Balaban J connectivity index is 1.46. The molecular formula is C15H19NOS. The fourth-order valence-electron chi connectivity index (χ4n) is 2.87. The third-order valence-electron chi connectivity index (χ3n) is 3.77. The van der Waals surface area contributed by atoms with E-state index in [-0.39, 0.29) is 0 Å². The van der Waals surface area contributed by atoms with Crippen molar-refractivity contribution in [3.05, 3.63) is 30.3 Å². The number of fused-ring (bicyclic) bond motifs is 1. The van der Waals surface area contributed by atoms with Crippen LogP contribution < -0.4 is 0 Å². The van der Waals surface area contributed by atoms with Gasteiger partial charge in [0.25, 0.3) is 0 Å². The molecule has 1 aliphatic heterocycles. The summed E-state index contributed by atoms with van der Waals surface area (Å²) < 4.78 is 5.72. The van der Waals surface area contributed by atoms with Crippen LogP contribution in [-0.4, -0.2) is 18.4 Å². The van der Waals surface area contributed by atoms with Gasteiger partial charge in [-0.3, -0.25) is 4.99 Å². The maximum Gasteiger partial charge on any atom is 0.0842 e. The summed E-state index contributed by atoms with van der Waals surface area (Å²) in [6.45, 7) is 0.750. The van der Waals surface area contributed by atoms with Gasteiger partial charge >= 0.3 is 0 Å². The van der Waals surface area contributed by atoms with Crippen LogP contribution in [0.1, 0.15) is 32.1 Å². The van der Waals surface area contributed by atoms with Crippen molar-refractivity contribution in [3.8, 4) is 0 Å². The SMILES string of the molecule is c1ccc(SOCC2CC3CCCCC3=N2)cc1. The van der Waals surface area contributed by atoms with Crippen molar-refractivity contribution >= 4 is 17.8 Å². The Bertz CT molecular complexity index is 418. The van der Waals surface area contributed by atoms with Gasteiger partial charge in [-0.15, -0.1) is 0 Å². The van der Waals surface area contributed by atoms with Crippen LogP contribution in [0.4, 0.5) is 0 Å². The van der Waals surface area contributed by atoms with Gasteiger partial charge in [-0.05, 0) is 43.7 Å². The first-order chi connectivity index (χ1) is 8.92. The minimum atomic E-state index is 0.402. The zero-order chi connectivity index (χ0) is 12.2. The molecule has 0 radical (unpaired) electrons. The maximum absolute atomic E-state index is 5.72. The predicted octanol–water partition coefficient (Wildman–Crippen LogP) is 4.11. The lowest BCUT2D eigenvalue weighted by atomic mass is 9.86. The Hall–Kier alpha value is -0.800. The second-order valence-corrected chi connectivity index (χ2v) is 6.01. The number of benzene rings is 1. The average Bonchev–Trinajstić information content (AvgIpc) is 2.82. The van der Waals surface area contributed by atoms with E-state index in [1.807, 2.05) is 18.2 Å². The summed E-state index contributed by atoms with van der Waals surface area (Å²) >= 11 is 1.47. The molecule has 1 aromatic carbocycles. The molecule has 18 heavy (non-hydrogen) atoms. The molecule has 0 spiro atoms. The van der Waals surface area contributed by atoms with Gasteiger partial charge in [0.05, 0.1) is 12.6 Å². The Morgan fingerprint density at radius 3 is 2.94 bits per heavy atom. The molecule has 1 aliphatic carbocycles. The van der Waals surface area contributed by atoms with Crippen LogP contribution in [0.25, 0.3) is 0 Å². The van der Waals surface area contributed by atoms with E-state index in [1.54, 1.807) is 0 Å². The van der Waals surface area contributed by atoms with Crippen LogP contribution in [0.2, 0.25) is 0 Å². The molecule has 3 rings (SSSR count). The third kappa shape index (κ3) is 2.96. The molecule has 1 fully saturated rings. The summed E-state index contributed by atoms with van der Waals surface area (Å²) in [5, 5.41) is 0. The molecule has 96 valence electrons. The highest BCUT2D eigenvalue weighted by Gasteiger charge is 2.29. The number of aliphatic imine (C=N–C) groups is 1. The Morgan fingerprint density at radius 1 is 1.22 bits per heavy atom. The molecule has 2 unspecified atom stereocenters. The van der Waals surface area contributed by atoms with Gasteiger partial charge in [0.15, 0.2) is 0 Å². The second kappa shape index (κ2) is 5.89. The highest BCUT2D eigenvalue weighted by molar-refractivity contribution is 7.94. The smallest absolute Gasteiger partial charge is 0.0842 e. The molecule has 1 saturated carbocycles. The van der Waals surface area contributed by atoms with Gasteiger partial charge in [-0.1, -0.05) is 24.6 Å². The molecule has 0 bridgehead atoms. The fourth-order valence-corrected chi connectivity index (χ4v) is 3.50. The number of hydrogen-bond acceptors (Lipinski definition) is 3. The normalized spacial score (nSPS) is 26.8. The van der Waals surface area contributed by atoms with E-state index in [2.05, 4.69) is 12.1 Å². The predicted molar refractivity (Wildman–Crippen MR) is 76.0 cm³/mol. The van der Waals surface area contributed by atoms with E-state index in [0.29, 0.717) is 6.04 Å². The molecule has 0 amide bonds. The summed E-state index contributed by atoms with van der Waals surface area (Å²) in [7, 11) is 0. The molecule has 1 aromatic rings. The highest BCUT2D eigenvalue weighted by Crippen LogP contribution is 2.32. The van der Waals surface area contributed by atoms with Crippen LogP contribution in [0, 0.1) is 5.92 Å². The van der Waals surface area contributed by atoms with Crippen LogP contribution in [0.5, 0.6) is 0 Å². The first-order valence-electron chi connectivity index (χ1n) is 6.83. The van der Waals surface area contributed by atoms with E-state index in [0.717, 1.165) is 12.5 Å². The minimum absolute atomic E-state index is 0.402. The third-order valence-corrected chi connectivity index (χ3v) is 4.49. The summed E-state index contributed by atoms with van der Waals surface area (Å²) in [6, 6.07) is 10.7. The first-order valence-corrected chi connectivity index (χ1v) is 7.57. The van der Waals surface area contributed by atoms with E-state index >= 15 is 0 Å². The van der Waals surface area contributed by atoms with E-state index < -0.39 is 0 Å². The van der Waals surface area contributed by atoms with Gasteiger partial charge in [0, 0.05) is 22.6 Å². The van der Waals surface area contributed by atoms with Crippen molar-refractivity contribution < 1.29 is 4.18 Å². The lowest BCUT2D eigenvalue weighted by Crippen LogP contribution is -2.15. The Labute approximate surface area is 113 Å². The zero-order valence-corrected chi connectivity index (χ0v) is 11.4. The molecule has 1 heterocycles. The average molecular weight is 261 g/mol. The first kappa shape index (κ1) is 12.2. The molecule has 2 aliphatic rings. The topological polar surface area (TPSA) is 21.6 Å². The largest absolute Gasteiger partial charge is 0.308 e. The quantitative estimate of drug-likeness (QED) is 0.761. The van der Waals surface area contributed by atoms with Crippen molar-refractivity contribution in [1.82, 2.24) is 0 Å². The lowest BCUT2D eigenvalue weighted by Gasteiger charge is -2.18. The van der Waals surface area contributed by atoms with Crippen LogP contribution in [0.3, 0.4) is 0 Å². The molecular weight excluding hydrogens is 242 g/mol. The van der Waals surface area contributed by atoms with Crippen LogP contribution in [0.15, 0.2) is 40.2 Å². The zero-order valence-electron chi connectivity index (χ0n) is 10.5. The van der Waals surface area contributed by atoms with E-state index in [4.69, 9.17) is 9.18 Å². The number of hydrogen-bond donors (Lipinski definition) is 0. The maximum atomic E-state index is 5.72. The standard InChI is InChI=1S/C15H19NOS/c1-2-7-14(8-3-1)18-17-11-13-10-12-6-4-5-9-15(12)16-13/h1-3,7-8,12-13H,4-6,9-11H2. The van der Waals surface area contributed by atoms with Crippen molar-refractivity contribution in [1.29, 1.82) is 0 Å². The van der Waals surface area contributed by atoms with Gasteiger partial charge < -0.3 is 4.18 Å². The minimum Gasteiger partial charge on any atom is -0.308 e. The van der Waals surface area contributed by atoms with Gasteiger partial charge in [0.1, 0.15) is 0 Å². The Morgan fingerprint density at radius 2 is 2.11 bits per heavy atom. The van der Waals surface area contributed by atoms with Gasteiger partial charge in [-0.2, -0.15) is 0 Å². The van der Waals surface area contributed by atoms with Crippen molar-refractivity contribution in [2.75, 3.05) is 6.61 Å². The molecule has 0 aromatic heterocycles. The van der Waals surface area contributed by atoms with Crippen LogP contribution >= 0.6 is 12.0 Å². The van der Waals surface area contributed by atoms with Crippen LogP contribution in [-0.2, 0) is 4.18 Å². The Kier molecular flexibility index (Phi) is 4.01. The molecule has 0 N–H and O–H groups in total. The van der Waals surface area contributed by atoms with Crippen molar-refractivity contribution in [2.24, 2.45) is 10.9 Å². The summed E-state index contributed by atoms with van der Waals surface area (Å²) in [6.07, 6.45) is 6.51. The molecule has 3 heteroatoms. The fraction of sp³-hybridized carbons (Fsp3) is 0.533. The van der Waals surface area contributed by atoms with Crippen molar-refractivity contribution in [3.63, 3.8) is 0 Å². The molecule has 2 nitrogen and oxygen atoms in total. The molecule has 0 saturated heterocycles. The second-order valence-electron chi connectivity index (χ2n) is 5.13. The lowest BCUT2D eigenvalue weighted by molar-refractivity contribution is 0.324. The summed E-state index contributed by atoms with van der Waals surface area (Å²) in [5.74, 6) is 0.772. The summed E-state index contributed by atoms with van der Waals surface area (Å²) in [4.78, 5) is 5.99. The summed E-state index contributed by atoms with van der Waals surface area (Å²) in [5.41, 5.74) is 1.47. The van der Waals surface area contributed by atoms with E-state index in [1.165, 1.54) is 54.8 Å².